The lowest BCUT2D eigenvalue weighted by molar-refractivity contribution is 0.371. The summed E-state index contributed by atoms with van der Waals surface area (Å²) in [6.07, 6.45) is 2.94. The maximum atomic E-state index is 5.21. The van der Waals surface area contributed by atoms with E-state index in [0.717, 1.165) is 12.1 Å². The Bertz CT molecular complexity index is 315. The van der Waals surface area contributed by atoms with E-state index in [-0.39, 0.29) is 0 Å². The number of nitrogens with one attached hydrogen (secondary N) is 1. The van der Waals surface area contributed by atoms with Crippen molar-refractivity contribution in [1.29, 1.82) is 0 Å². The smallest absolute Gasteiger partial charge is 0.217 e. The molecule has 90 valence electrons. The summed E-state index contributed by atoms with van der Waals surface area (Å²) in [5, 5.41) is 3.50. The zero-order chi connectivity index (χ0) is 12.0. The molecule has 0 aliphatic rings. The Morgan fingerprint density at radius 1 is 1.44 bits per heavy atom. The molecular weight excluding hydrogens is 200 g/mol. The molecule has 3 heteroatoms. The molecule has 0 amide bonds. The molecule has 2 unspecified atom stereocenters. The van der Waals surface area contributed by atoms with Crippen LogP contribution in [0.25, 0.3) is 0 Å². The van der Waals surface area contributed by atoms with Gasteiger partial charge in [0.1, 0.15) is 0 Å². The molecule has 3 nitrogen and oxygen atoms in total. The molecule has 0 spiro atoms. The predicted octanol–water partition coefficient (Wildman–Crippen LogP) is 2.61. The van der Waals surface area contributed by atoms with Crippen molar-refractivity contribution in [1.82, 2.24) is 10.3 Å². The fourth-order valence-corrected chi connectivity index (χ4v) is 1.57. The second-order valence-electron chi connectivity index (χ2n) is 4.23. The van der Waals surface area contributed by atoms with Crippen molar-refractivity contribution in [2.75, 3.05) is 7.11 Å². The molecule has 2 atom stereocenters. The van der Waals surface area contributed by atoms with Gasteiger partial charge in [0.2, 0.25) is 5.88 Å². The molecule has 1 rings (SSSR count). The average molecular weight is 222 g/mol. The Labute approximate surface area is 98.2 Å². The Kier molecular flexibility index (Phi) is 5.26. The number of ether oxygens (including phenoxy) is 1. The molecule has 1 aromatic heterocycles. The first-order valence-corrected chi connectivity index (χ1v) is 5.90. The maximum Gasteiger partial charge on any atom is 0.217 e. The van der Waals surface area contributed by atoms with Gasteiger partial charge in [-0.2, -0.15) is 0 Å². The van der Waals surface area contributed by atoms with E-state index in [9.17, 15) is 0 Å². The van der Waals surface area contributed by atoms with Crippen LogP contribution in [-0.2, 0) is 6.54 Å². The van der Waals surface area contributed by atoms with Gasteiger partial charge in [-0.15, -0.1) is 0 Å². The molecule has 0 aliphatic carbocycles. The van der Waals surface area contributed by atoms with Gasteiger partial charge in [-0.05, 0) is 18.9 Å². The van der Waals surface area contributed by atoms with E-state index >= 15 is 0 Å². The van der Waals surface area contributed by atoms with Crippen LogP contribution < -0.4 is 10.1 Å². The quantitative estimate of drug-likeness (QED) is 0.803. The highest BCUT2D eigenvalue weighted by Crippen LogP contribution is 2.14. The molecule has 1 aromatic rings. The zero-order valence-corrected chi connectivity index (χ0v) is 10.7. The van der Waals surface area contributed by atoms with Crippen molar-refractivity contribution < 1.29 is 4.74 Å². The Hall–Kier alpha value is -1.09. The normalized spacial score (nSPS) is 14.5. The van der Waals surface area contributed by atoms with Crippen LogP contribution in [0.2, 0.25) is 0 Å². The molecule has 0 saturated carbocycles. The van der Waals surface area contributed by atoms with Crippen LogP contribution in [0, 0.1) is 5.92 Å². The highest BCUT2D eigenvalue weighted by atomic mass is 16.5. The Balaban J connectivity index is 2.54. The summed E-state index contributed by atoms with van der Waals surface area (Å²) < 4.78 is 5.21. The molecule has 0 bridgehead atoms. The van der Waals surface area contributed by atoms with E-state index in [1.807, 2.05) is 12.1 Å². The third-order valence-electron chi connectivity index (χ3n) is 3.16. The van der Waals surface area contributed by atoms with Gasteiger partial charge in [0.25, 0.3) is 0 Å². The largest absolute Gasteiger partial charge is 0.481 e. The monoisotopic (exact) mass is 222 g/mol. The van der Waals surface area contributed by atoms with Gasteiger partial charge >= 0.3 is 0 Å². The van der Waals surface area contributed by atoms with Crippen LogP contribution in [0.15, 0.2) is 18.3 Å². The molecule has 0 aliphatic heterocycles. The minimum atomic E-state index is 0.509. The fraction of sp³-hybridized carbons (Fsp3) is 0.615. The average Bonchev–Trinajstić information content (AvgIpc) is 2.35. The first-order chi connectivity index (χ1) is 7.69. The van der Waals surface area contributed by atoms with Gasteiger partial charge in [-0.1, -0.05) is 26.3 Å². The van der Waals surface area contributed by atoms with E-state index < -0.39 is 0 Å². The first kappa shape index (κ1) is 13.0. The number of methoxy groups -OCH3 is 1. The summed E-state index contributed by atoms with van der Waals surface area (Å²) in [4.78, 5) is 4.18. The molecule has 0 saturated heterocycles. The lowest BCUT2D eigenvalue weighted by atomic mass is 10.0. The summed E-state index contributed by atoms with van der Waals surface area (Å²) in [5.74, 6) is 1.40. The van der Waals surface area contributed by atoms with Crippen molar-refractivity contribution in [2.45, 2.75) is 39.8 Å². The number of pyridine rings is 1. The summed E-state index contributed by atoms with van der Waals surface area (Å²) in [6.45, 7) is 7.51. The lowest BCUT2D eigenvalue weighted by Gasteiger charge is -2.20. The van der Waals surface area contributed by atoms with E-state index in [1.54, 1.807) is 13.3 Å². The molecule has 1 N–H and O–H groups in total. The molecule has 0 fully saturated rings. The Morgan fingerprint density at radius 2 is 2.19 bits per heavy atom. The van der Waals surface area contributed by atoms with E-state index in [0.29, 0.717) is 17.8 Å². The van der Waals surface area contributed by atoms with E-state index in [4.69, 9.17) is 4.74 Å². The topological polar surface area (TPSA) is 34.2 Å². The van der Waals surface area contributed by atoms with E-state index in [2.05, 4.69) is 31.1 Å². The standard InChI is InChI=1S/C13H22N2O/c1-5-10(2)11(3)15-9-12-7-6-8-14-13(12)16-4/h6-8,10-11,15H,5,9H2,1-4H3. The van der Waals surface area contributed by atoms with Crippen molar-refractivity contribution in [3.63, 3.8) is 0 Å². The molecule has 0 radical (unpaired) electrons. The van der Waals surface area contributed by atoms with Crippen LogP contribution in [0.3, 0.4) is 0 Å². The second kappa shape index (κ2) is 6.48. The summed E-state index contributed by atoms with van der Waals surface area (Å²) >= 11 is 0. The number of hydrogen-bond donors (Lipinski definition) is 1. The molecule has 1 heterocycles. The van der Waals surface area contributed by atoms with Crippen molar-refractivity contribution in [2.24, 2.45) is 5.92 Å². The number of nitrogens with zero attached hydrogens (tertiary/aromatic N) is 1. The SMILES string of the molecule is CCC(C)C(C)NCc1cccnc1OC. The van der Waals surface area contributed by atoms with Gasteiger partial charge < -0.3 is 10.1 Å². The molecular formula is C13H22N2O. The third kappa shape index (κ3) is 3.49. The minimum Gasteiger partial charge on any atom is -0.481 e. The van der Waals surface area contributed by atoms with Crippen molar-refractivity contribution >= 4 is 0 Å². The second-order valence-corrected chi connectivity index (χ2v) is 4.23. The van der Waals surface area contributed by atoms with Gasteiger partial charge in [-0.3, -0.25) is 0 Å². The van der Waals surface area contributed by atoms with Crippen LogP contribution in [0.1, 0.15) is 32.8 Å². The zero-order valence-electron chi connectivity index (χ0n) is 10.7. The highest BCUT2D eigenvalue weighted by Gasteiger charge is 2.10. The Morgan fingerprint density at radius 3 is 2.81 bits per heavy atom. The number of hydrogen-bond acceptors (Lipinski definition) is 3. The predicted molar refractivity (Wildman–Crippen MR) is 66.5 cm³/mol. The van der Waals surface area contributed by atoms with Crippen molar-refractivity contribution in [3.05, 3.63) is 23.9 Å². The minimum absolute atomic E-state index is 0.509. The first-order valence-electron chi connectivity index (χ1n) is 5.90. The number of rotatable bonds is 6. The molecule has 0 aromatic carbocycles. The third-order valence-corrected chi connectivity index (χ3v) is 3.16. The van der Waals surface area contributed by atoms with Crippen LogP contribution in [0.5, 0.6) is 5.88 Å². The lowest BCUT2D eigenvalue weighted by Crippen LogP contribution is -2.31. The summed E-state index contributed by atoms with van der Waals surface area (Å²) in [5.41, 5.74) is 1.11. The van der Waals surface area contributed by atoms with Gasteiger partial charge in [0, 0.05) is 24.3 Å². The fourth-order valence-electron chi connectivity index (χ4n) is 1.57. The number of aromatic nitrogens is 1. The van der Waals surface area contributed by atoms with Crippen LogP contribution in [0.4, 0.5) is 0 Å². The van der Waals surface area contributed by atoms with Gasteiger partial charge in [0.05, 0.1) is 7.11 Å². The van der Waals surface area contributed by atoms with Crippen LogP contribution >= 0.6 is 0 Å². The van der Waals surface area contributed by atoms with Crippen LogP contribution in [-0.4, -0.2) is 18.1 Å². The highest BCUT2D eigenvalue weighted by molar-refractivity contribution is 5.25. The van der Waals surface area contributed by atoms with Crippen molar-refractivity contribution in [3.8, 4) is 5.88 Å². The summed E-state index contributed by atoms with van der Waals surface area (Å²) in [6, 6.07) is 4.49. The van der Waals surface area contributed by atoms with Gasteiger partial charge in [0.15, 0.2) is 0 Å². The molecule has 16 heavy (non-hydrogen) atoms. The maximum absolute atomic E-state index is 5.21. The van der Waals surface area contributed by atoms with E-state index in [1.165, 1.54) is 6.42 Å². The van der Waals surface area contributed by atoms with Gasteiger partial charge in [-0.25, -0.2) is 4.98 Å². The summed E-state index contributed by atoms with van der Waals surface area (Å²) in [7, 11) is 1.66.